The van der Waals surface area contributed by atoms with E-state index in [1.165, 1.54) is 43.6 Å². The highest BCUT2D eigenvalue weighted by Crippen LogP contribution is 2.37. The number of aromatic nitrogens is 1. The second kappa shape index (κ2) is 6.43. The van der Waals surface area contributed by atoms with E-state index in [2.05, 4.69) is 16.6 Å². The molecule has 1 saturated carbocycles. The first-order valence-electron chi connectivity index (χ1n) is 7.22. The topological polar surface area (TPSA) is 77.2 Å². The van der Waals surface area contributed by atoms with Crippen molar-refractivity contribution in [1.82, 2.24) is 4.37 Å². The average Bonchev–Trinajstić information content (AvgIpc) is 2.79. The number of carbonyl (C=O) groups is 1. The van der Waals surface area contributed by atoms with Crippen molar-refractivity contribution in [2.45, 2.75) is 46.0 Å². The van der Waals surface area contributed by atoms with Gasteiger partial charge in [0, 0.05) is 6.54 Å². The van der Waals surface area contributed by atoms with Crippen molar-refractivity contribution >= 4 is 28.3 Å². The molecule has 1 aromatic rings. The van der Waals surface area contributed by atoms with Gasteiger partial charge in [-0.3, -0.25) is 0 Å². The maximum atomic E-state index is 11.9. The van der Waals surface area contributed by atoms with Gasteiger partial charge in [0.25, 0.3) is 0 Å². The number of hydrogen-bond acceptors (Lipinski definition) is 6. The monoisotopic (exact) mass is 297 g/mol. The van der Waals surface area contributed by atoms with E-state index in [4.69, 9.17) is 10.5 Å². The summed E-state index contributed by atoms with van der Waals surface area (Å²) in [7, 11) is 0. The lowest BCUT2D eigenvalue weighted by atomic mass is 9.76. The van der Waals surface area contributed by atoms with Crippen LogP contribution in [0.25, 0.3) is 0 Å². The molecule has 2 rings (SSSR count). The van der Waals surface area contributed by atoms with Crippen molar-refractivity contribution in [1.29, 1.82) is 0 Å². The van der Waals surface area contributed by atoms with Gasteiger partial charge in [0.05, 0.1) is 6.61 Å². The maximum Gasteiger partial charge on any atom is 0.344 e. The molecule has 1 aliphatic rings. The Morgan fingerprint density at radius 2 is 2.15 bits per heavy atom. The van der Waals surface area contributed by atoms with Gasteiger partial charge in [0.1, 0.15) is 10.6 Å². The Bertz CT molecular complexity index is 467. The number of nitrogens with zero attached hydrogens (tertiary/aromatic N) is 1. The summed E-state index contributed by atoms with van der Waals surface area (Å²) in [5.74, 6) is -0.139. The molecule has 3 N–H and O–H groups in total. The second-order valence-corrected chi connectivity index (χ2v) is 6.49. The number of rotatable bonds is 5. The van der Waals surface area contributed by atoms with E-state index in [0.717, 1.165) is 11.5 Å². The third-order valence-electron chi connectivity index (χ3n) is 3.93. The van der Waals surface area contributed by atoms with Crippen molar-refractivity contribution in [2.75, 3.05) is 24.2 Å². The third-order valence-corrected chi connectivity index (χ3v) is 4.75. The van der Waals surface area contributed by atoms with E-state index >= 15 is 0 Å². The average molecular weight is 297 g/mol. The first-order chi connectivity index (χ1) is 9.56. The van der Waals surface area contributed by atoms with Crippen molar-refractivity contribution < 1.29 is 9.53 Å². The smallest absolute Gasteiger partial charge is 0.344 e. The molecule has 5 nitrogen and oxygen atoms in total. The molecule has 112 valence electrons. The predicted octanol–water partition coefficient (Wildman–Crippen LogP) is 3.28. The van der Waals surface area contributed by atoms with Crippen molar-refractivity contribution in [3.05, 3.63) is 5.56 Å². The molecule has 0 atom stereocenters. The van der Waals surface area contributed by atoms with E-state index in [9.17, 15) is 4.79 Å². The van der Waals surface area contributed by atoms with Gasteiger partial charge in [-0.2, -0.15) is 4.37 Å². The molecule has 0 aliphatic heterocycles. The zero-order valence-corrected chi connectivity index (χ0v) is 13.0. The lowest BCUT2D eigenvalue weighted by Gasteiger charge is -2.33. The number of nitrogens with two attached hydrogens (primary N) is 1. The van der Waals surface area contributed by atoms with Gasteiger partial charge in [-0.25, -0.2) is 4.79 Å². The van der Waals surface area contributed by atoms with Gasteiger partial charge >= 0.3 is 5.97 Å². The first-order valence-corrected chi connectivity index (χ1v) is 7.99. The standard InChI is InChI=1S/C14H23N3O2S/c1-3-19-13(18)10-11(15)17-20-12(10)16-9-14(2)7-5-4-6-8-14/h16H,3-9H2,1-2H3,(H2,15,17). The minimum Gasteiger partial charge on any atom is -0.462 e. The van der Waals surface area contributed by atoms with Crippen LogP contribution in [0, 0.1) is 5.41 Å². The summed E-state index contributed by atoms with van der Waals surface area (Å²) in [6.45, 7) is 5.27. The van der Waals surface area contributed by atoms with Crippen LogP contribution in [0.15, 0.2) is 0 Å². The normalized spacial score (nSPS) is 17.7. The molecular weight excluding hydrogens is 274 g/mol. The van der Waals surface area contributed by atoms with Crippen LogP contribution in [-0.2, 0) is 4.74 Å². The lowest BCUT2D eigenvalue weighted by Crippen LogP contribution is -2.29. The van der Waals surface area contributed by atoms with Crippen molar-refractivity contribution in [3.63, 3.8) is 0 Å². The second-order valence-electron chi connectivity index (χ2n) is 5.72. The largest absolute Gasteiger partial charge is 0.462 e. The van der Waals surface area contributed by atoms with Crippen LogP contribution in [0.5, 0.6) is 0 Å². The lowest BCUT2D eigenvalue weighted by molar-refractivity contribution is 0.0529. The van der Waals surface area contributed by atoms with E-state index in [0.29, 0.717) is 17.6 Å². The Hall–Kier alpha value is -1.30. The highest BCUT2D eigenvalue weighted by atomic mass is 32.1. The molecule has 1 fully saturated rings. The predicted molar refractivity (Wildman–Crippen MR) is 82.2 cm³/mol. The van der Waals surface area contributed by atoms with Gasteiger partial charge in [-0.1, -0.05) is 26.2 Å². The number of nitrogens with one attached hydrogen (secondary N) is 1. The van der Waals surface area contributed by atoms with E-state index in [1.54, 1.807) is 6.92 Å². The van der Waals surface area contributed by atoms with Gasteiger partial charge in [0.2, 0.25) is 0 Å². The number of anilines is 2. The third kappa shape index (κ3) is 3.42. The number of ether oxygens (including phenoxy) is 1. The van der Waals surface area contributed by atoms with Crippen LogP contribution in [0.3, 0.4) is 0 Å². The van der Waals surface area contributed by atoms with Gasteiger partial charge in [0.15, 0.2) is 5.82 Å². The Balaban J connectivity index is 2.04. The first kappa shape index (κ1) is 15.1. The summed E-state index contributed by atoms with van der Waals surface area (Å²) in [6.07, 6.45) is 6.35. The number of hydrogen-bond donors (Lipinski definition) is 2. The van der Waals surface area contributed by atoms with Crippen LogP contribution in [0.1, 0.15) is 56.3 Å². The molecule has 0 spiro atoms. The Morgan fingerprint density at radius 3 is 2.80 bits per heavy atom. The summed E-state index contributed by atoms with van der Waals surface area (Å²) >= 11 is 1.23. The van der Waals surface area contributed by atoms with E-state index in [-0.39, 0.29) is 5.82 Å². The molecule has 0 bridgehead atoms. The van der Waals surface area contributed by atoms with Crippen LogP contribution in [0.2, 0.25) is 0 Å². The summed E-state index contributed by atoms with van der Waals surface area (Å²) in [5.41, 5.74) is 6.45. The van der Waals surface area contributed by atoms with Crippen molar-refractivity contribution in [3.8, 4) is 0 Å². The quantitative estimate of drug-likeness (QED) is 0.815. The molecular formula is C14H23N3O2S. The molecule has 0 unspecified atom stereocenters. The van der Waals surface area contributed by atoms with E-state index in [1.807, 2.05) is 0 Å². The van der Waals surface area contributed by atoms with Gasteiger partial charge in [-0.15, -0.1) is 0 Å². The Kier molecular flexibility index (Phi) is 4.86. The molecule has 6 heteroatoms. The number of nitrogen functional groups attached to an aromatic ring is 1. The zero-order valence-electron chi connectivity index (χ0n) is 12.2. The SMILES string of the molecule is CCOC(=O)c1c(N)nsc1NCC1(C)CCCCC1. The van der Waals surface area contributed by atoms with Gasteiger partial charge < -0.3 is 15.8 Å². The number of esters is 1. The van der Waals surface area contributed by atoms with E-state index < -0.39 is 5.97 Å². The summed E-state index contributed by atoms with van der Waals surface area (Å²) in [4.78, 5) is 11.9. The van der Waals surface area contributed by atoms with Crippen LogP contribution in [0.4, 0.5) is 10.8 Å². The Labute approximate surface area is 124 Å². The fourth-order valence-electron chi connectivity index (χ4n) is 2.70. The van der Waals surface area contributed by atoms with Crippen molar-refractivity contribution in [2.24, 2.45) is 5.41 Å². The minimum absolute atomic E-state index is 0.254. The Morgan fingerprint density at radius 1 is 1.45 bits per heavy atom. The fraction of sp³-hybridized carbons (Fsp3) is 0.714. The summed E-state index contributed by atoms with van der Waals surface area (Å²) < 4.78 is 9.09. The highest BCUT2D eigenvalue weighted by molar-refractivity contribution is 7.11. The molecule has 0 amide bonds. The van der Waals surface area contributed by atoms with Crippen LogP contribution in [-0.4, -0.2) is 23.5 Å². The molecule has 0 radical (unpaired) electrons. The molecule has 0 aromatic carbocycles. The maximum absolute atomic E-state index is 11.9. The summed E-state index contributed by atoms with van der Waals surface area (Å²) in [6, 6.07) is 0. The van der Waals surface area contributed by atoms with Gasteiger partial charge in [-0.05, 0) is 36.7 Å². The molecule has 1 heterocycles. The highest BCUT2D eigenvalue weighted by Gasteiger charge is 2.28. The van der Waals surface area contributed by atoms with Crippen LogP contribution >= 0.6 is 11.5 Å². The number of carbonyl (C=O) groups excluding carboxylic acids is 1. The minimum atomic E-state index is -0.393. The molecule has 0 saturated heterocycles. The summed E-state index contributed by atoms with van der Waals surface area (Å²) in [5, 5.41) is 4.09. The molecule has 1 aliphatic carbocycles. The molecule has 20 heavy (non-hydrogen) atoms. The zero-order chi connectivity index (χ0) is 14.6. The fourth-order valence-corrected chi connectivity index (χ4v) is 3.40. The van der Waals surface area contributed by atoms with Crippen LogP contribution < -0.4 is 11.1 Å². The molecule has 1 aromatic heterocycles.